The summed E-state index contributed by atoms with van der Waals surface area (Å²) in [4.78, 5) is 14.3. The second kappa shape index (κ2) is 6.05. The standard InChI is InChI=1S/C13H26N2O.ClH/c1-12(2,3)10-15(5)11(16)13(4)7-6-8-14-9-13;/h14H,6-10H2,1-5H3;1H. The third-order valence-corrected chi connectivity index (χ3v) is 3.17. The first-order valence-corrected chi connectivity index (χ1v) is 6.21. The van der Waals surface area contributed by atoms with Crippen molar-refractivity contribution in [2.24, 2.45) is 10.8 Å². The van der Waals surface area contributed by atoms with E-state index in [9.17, 15) is 4.79 Å². The molecule has 1 amide bonds. The Balaban J connectivity index is 0.00000256. The van der Waals surface area contributed by atoms with Crippen LogP contribution in [0.25, 0.3) is 0 Å². The average molecular weight is 263 g/mol. The maximum atomic E-state index is 12.4. The highest BCUT2D eigenvalue weighted by atomic mass is 35.5. The molecule has 1 aliphatic heterocycles. The zero-order valence-corrected chi connectivity index (χ0v) is 12.6. The summed E-state index contributed by atoms with van der Waals surface area (Å²) in [6.07, 6.45) is 2.11. The molecule has 1 atom stereocenters. The minimum absolute atomic E-state index is 0. The van der Waals surface area contributed by atoms with Gasteiger partial charge in [0.1, 0.15) is 0 Å². The van der Waals surface area contributed by atoms with Crippen LogP contribution < -0.4 is 5.32 Å². The molecule has 4 heteroatoms. The summed E-state index contributed by atoms with van der Waals surface area (Å²) in [5.41, 5.74) is -0.0267. The first-order chi connectivity index (χ1) is 7.25. The Kier molecular flexibility index (Phi) is 5.95. The number of nitrogens with zero attached hydrogens (tertiary/aromatic N) is 1. The van der Waals surface area contributed by atoms with Gasteiger partial charge in [-0.15, -0.1) is 12.4 Å². The molecule has 0 spiro atoms. The lowest BCUT2D eigenvalue weighted by Crippen LogP contribution is -2.50. The fraction of sp³-hybridized carbons (Fsp3) is 0.923. The number of rotatable bonds is 2. The molecule has 0 radical (unpaired) electrons. The van der Waals surface area contributed by atoms with E-state index in [1.807, 2.05) is 11.9 Å². The van der Waals surface area contributed by atoms with E-state index in [1.165, 1.54) is 0 Å². The van der Waals surface area contributed by atoms with E-state index in [-0.39, 0.29) is 29.1 Å². The third kappa shape index (κ3) is 4.84. The number of hydrogen-bond acceptors (Lipinski definition) is 2. The Morgan fingerprint density at radius 1 is 1.41 bits per heavy atom. The van der Waals surface area contributed by atoms with Crippen LogP contribution in [0.5, 0.6) is 0 Å². The molecule has 1 heterocycles. The van der Waals surface area contributed by atoms with Crippen LogP contribution in [0.3, 0.4) is 0 Å². The molecule has 1 saturated heterocycles. The van der Waals surface area contributed by atoms with Crippen molar-refractivity contribution in [2.75, 3.05) is 26.7 Å². The SMILES string of the molecule is CN(CC(C)(C)C)C(=O)C1(C)CCCNC1.Cl. The molecule has 1 fully saturated rings. The molecule has 1 unspecified atom stereocenters. The largest absolute Gasteiger partial charge is 0.345 e. The van der Waals surface area contributed by atoms with Crippen molar-refractivity contribution in [1.82, 2.24) is 10.2 Å². The predicted octanol–water partition coefficient (Wildman–Crippen LogP) is 2.30. The van der Waals surface area contributed by atoms with Crippen LogP contribution in [0.15, 0.2) is 0 Å². The number of halogens is 1. The molecule has 0 aromatic carbocycles. The van der Waals surface area contributed by atoms with Gasteiger partial charge in [0.25, 0.3) is 0 Å². The Labute approximate surface area is 112 Å². The van der Waals surface area contributed by atoms with Gasteiger partial charge in [0.15, 0.2) is 0 Å². The number of carbonyl (C=O) groups excluding carboxylic acids is 1. The van der Waals surface area contributed by atoms with Gasteiger partial charge in [0.2, 0.25) is 5.91 Å². The summed E-state index contributed by atoms with van der Waals surface area (Å²) in [7, 11) is 1.92. The highest BCUT2D eigenvalue weighted by molar-refractivity contribution is 5.85. The van der Waals surface area contributed by atoms with Gasteiger partial charge >= 0.3 is 0 Å². The van der Waals surface area contributed by atoms with Crippen molar-refractivity contribution < 1.29 is 4.79 Å². The number of piperidine rings is 1. The number of hydrogen-bond donors (Lipinski definition) is 1. The van der Waals surface area contributed by atoms with Crippen LogP contribution in [0.1, 0.15) is 40.5 Å². The molecule has 17 heavy (non-hydrogen) atoms. The van der Waals surface area contributed by atoms with Crippen LogP contribution in [-0.2, 0) is 4.79 Å². The molecule has 0 aromatic heterocycles. The number of nitrogens with one attached hydrogen (secondary N) is 1. The molecule has 1 rings (SSSR count). The fourth-order valence-electron chi connectivity index (χ4n) is 2.48. The van der Waals surface area contributed by atoms with Crippen LogP contribution >= 0.6 is 12.4 Å². The molecule has 102 valence electrons. The molecule has 1 N–H and O–H groups in total. The van der Waals surface area contributed by atoms with Crippen LogP contribution in [0, 0.1) is 10.8 Å². The normalized spacial score (nSPS) is 25.0. The van der Waals surface area contributed by atoms with Gasteiger partial charge < -0.3 is 10.2 Å². The number of amides is 1. The summed E-state index contributed by atoms with van der Waals surface area (Å²) in [5.74, 6) is 0.287. The van der Waals surface area contributed by atoms with Crippen LogP contribution in [0.4, 0.5) is 0 Å². The molecular weight excluding hydrogens is 236 g/mol. The van der Waals surface area contributed by atoms with E-state index in [0.717, 1.165) is 32.5 Å². The van der Waals surface area contributed by atoms with E-state index in [0.29, 0.717) is 0 Å². The highest BCUT2D eigenvalue weighted by Crippen LogP contribution is 2.28. The van der Waals surface area contributed by atoms with Crippen molar-refractivity contribution in [3.63, 3.8) is 0 Å². The Morgan fingerprint density at radius 2 is 2.00 bits per heavy atom. The minimum Gasteiger partial charge on any atom is -0.345 e. The monoisotopic (exact) mass is 262 g/mol. The Morgan fingerprint density at radius 3 is 2.41 bits per heavy atom. The molecule has 3 nitrogen and oxygen atoms in total. The summed E-state index contributed by atoms with van der Waals surface area (Å²) in [6.45, 7) is 11.3. The topological polar surface area (TPSA) is 32.3 Å². The minimum atomic E-state index is -0.196. The van der Waals surface area contributed by atoms with Gasteiger partial charge in [-0.05, 0) is 31.7 Å². The fourth-order valence-corrected chi connectivity index (χ4v) is 2.48. The van der Waals surface area contributed by atoms with E-state index in [4.69, 9.17) is 0 Å². The van der Waals surface area contributed by atoms with Crippen LogP contribution in [0.2, 0.25) is 0 Å². The molecule has 0 saturated carbocycles. The van der Waals surface area contributed by atoms with Crippen molar-refractivity contribution in [2.45, 2.75) is 40.5 Å². The van der Waals surface area contributed by atoms with E-state index < -0.39 is 0 Å². The van der Waals surface area contributed by atoms with Crippen molar-refractivity contribution in [1.29, 1.82) is 0 Å². The first-order valence-electron chi connectivity index (χ1n) is 6.21. The summed E-state index contributed by atoms with van der Waals surface area (Å²) < 4.78 is 0. The molecular formula is C13H27ClN2O. The van der Waals surface area contributed by atoms with Gasteiger partial charge in [-0.3, -0.25) is 4.79 Å². The third-order valence-electron chi connectivity index (χ3n) is 3.17. The number of carbonyl (C=O) groups is 1. The van der Waals surface area contributed by atoms with Crippen molar-refractivity contribution >= 4 is 18.3 Å². The smallest absolute Gasteiger partial charge is 0.229 e. The van der Waals surface area contributed by atoms with Crippen LogP contribution in [-0.4, -0.2) is 37.5 Å². The van der Waals surface area contributed by atoms with E-state index in [2.05, 4.69) is 33.0 Å². The lowest BCUT2D eigenvalue weighted by Gasteiger charge is -2.38. The van der Waals surface area contributed by atoms with Crippen molar-refractivity contribution in [3.8, 4) is 0 Å². The lowest BCUT2D eigenvalue weighted by atomic mass is 9.81. The predicted molar refractivity (Wildman–Crippen MR) is 74.6 cm³/mol. The molecule has 0 bridgehead atoms. The lowest BCUT2D eigenvalue weighted by molar-refractivity contribution is -0.142. The highest BCUT2D eigenvalue weighted by Gasteiger charge is 2.37. The Hall–Kier alpha value is -0.280. The second-order valence-electron chi connectivity index (χ2n) is 6.56. The second-order valence-corrected chi connectivity index (χ2v) is 6.56. The van der Waals surface area contributed by atoms with Crippen molar-refractivity contribution in [3.05, 3.63) is 0 Å². The summed E-state index contributed by atoms with van der Waals surface area (Å²) in [5, 5.41) is 3.33. The summed E-state index contributed by atoms with van der Waals surface area (Å²) in [6, 6.07) is 0. The Bertz CT molecular complexity index is 255. The van der Waals surface area contributed by atoms with E-state index in [1.54, 1.807) is 0 Å². The molecule has 0 aromatic rings. The zero-order chi connectivity index (χ0) is 12.4. The van der Waals surface area contributed by atoms with Gasteiger partial charge in [0.05, 0.1) is 5.41 Å². The summed E-state index contributed by atoms with van der Waals surface area (Å²) >= 11 is 0. The zero-order valence-electron chi connectivity index (χ0n) is 11.8. The van der Waals surface area contributed by atoms with E-state index >= 15 is 0 Å². The van der Waals surface area contributed by atoms with Gasteiger partial charge in [0, 0.05) is 20.1 Å². The maximum absolute atomic E-state index is 12.4. The maximum Gasteiger partial charge on any atom is 0.229 e. The average Bonchev–Trinajstić information content (AvgIpc) is 2.15. The molecule has 0 aliphatic carbocycles. The van der Waals surface area contributed by atoms with Gasteiger partial charge in [-0.2, -0.15) is 0 Å². The molecule has 1 aliphatic rings. The van der Waals surface area contributed by atoms with Gasteiger partial charge in [-0.25, -0.2) is 0 Å². The van der Waals surface area contributed by atoms with Gasteiger partial charge in [-0.1, -0.05) is 20.8 Å². The first kappa shape index (κ1) is 16.7. The quantitative estimate of drug-likeness (QED) is 0.828.